The summed E-state index contributed by atoms with van der Waals surface area (Å²) in [6.45, 7) is 1.68. The molecular formula is C19H20N2O3. The first-order valence-corrected chi connectivity index (χ1v) is 7.94. The van der Waals surface area contributed by atoms with E-state index >= 15 is 0 Å². The monoisotopic (exact) mass is 324 g/mol. The largest absolute Gasteiger partial charge is 0.496 e. The SMILES string of the molecule is COc1ccccc1C(=O)c1c(C(N)=O)cccc1C1CCNC1. The Labute approximate surface area is 140 Å². The van der Waals surface area contributed by atoms with E-state index in [1.54, 1.807) is 36.4 Å². The molecule has 0 radical (unpaired) electrons. The van der Waals surface area contributed by atoms with Crippen LogP contribution in [-0.4, -0.2) is 31.9 Å². The van der Waals surface area contributed by atoms with Crippen LogP contribution >= 0.6 is 0 Å². The Hall–Kier alpha value is -2.66. The van der Waals surface area contributed by atoms with Crippen LogP contribution in [0, 0.1) is 0 Å². The summed E-state index contributed by atoms with van der Waals surface area (Å²) in [5, 5.41) is 3.30. The van der Waals surface area contributed by atoms with Crippen LogP contribution in [0.2, 0.25) is 0 Å². The summed E-state index contributed by atoms with van der Waals surface area (Å²) in [5.74, 6) is -0.153. The molecule has 1 saturated heterocycles. The van der Waals surface area contributed by atoms with Crippen molar-refractivity contribution in [2.24, 2.45) is 5.73 Å². The molecule has 3 rings (SSSR count). The molecule has 5 nitrogen and oxygen atoms in total. The van der Waals surface area contributed by atoms with E-state index < -0.39 is 5.91 Å². The highest BCUT2D eigenvalue weighted by molar-refractivity contribution is 6.17. The van der Waals surface area contributed by atoms with Crippen LogP contribution in [-0.2, 0) is 0 Å². The summed E-state index contributed by atoms with van der Waals surface area (Å²) < 4.78 is 5.30. The Morgan fingerprint density at radius 1 is 1.12 bits per heavy atom. The number of hydrogen-bond donors (Lipinski definition) is 2. The van der Waals surface area contributed by atoms with Crippen LogP contribution in [0.1, 0.15) is 44.2 Å². The number of ether oxygens (including phenoxy) is 1. The predicted molar refractivity (Wildman–Crippen MR) is 91.6 cm³/mol. The zero-order valence-electron chi connectivity index (χ0n) is 13.5. The molecule has 1 atom stereocenters. The molecule has 1 fully saturated rings. The number of carbonyl (C=O) groups is 2. The minimum Gasteiger partial charge on any atom is -0.496 e. The van der Waals surface area contributed by atoms with Gasteiger partial charge in [-0.15, -0.1) is 0 Å². The summed E-state index contributed by atoms with van der Waals surface area (Å²) in [6.07, 6.45) is 0.925. The van der Waals surface area contributed by atoms with Crippen molar-refractivity contribution in [1.82, 2.24) is 5.32 Å². The topological polar surface area (TPSA) is 81.4 Å². The number of hydrogen-bond acceptors (Lipinski definition) is 4. The molecule has 3 N–H and O–H groups in total. The van der Waals surface area contributed by atoms with Gasteiger partial charge in [0.2, 0.25) is 5.91 Å². The minimum absolute atomic E-state index is 0.193. The maximum absolute atomic E-state index is 13.2. The molecule has 2 aromatic rings. The lowest BCUT2D eigenvalue weighted by Gasteiger charge is -2.17. The molecule has 1 aliphatic rings. The maximum Gasteiger partial charge on any atom is 0.249 e. The van der Waals surface area contributed by atoms with E-state index in [9.17, 15) is 9.59 Å². The number of amides is 1. The van der Waals surface area contributed by atoms with Gasteiger partial charge in [-0.2, -0.15) is 0 Å². The molecule has 124 valence electrons. The molecule has 1 aliphatic heterocycles. The van der Waals surface area contributed by atoms with Gasteiger partial charge in [0.05, 0.1) is 18.2 Å². The molecule has 0 saturated carbocycles. The van der Waals surface area contributed by atoms with Crippen LogP contribution in [0.5, 0.6) is 5.75 Å². The third-order valence-electron chi connectivity index (χ3n) is 4.44. The average molecular weight is 324 g/mol. The van der Waals surface area contributed by atoms with Gasteiger partial charge in [-0.1, -0.05) is 24.3 Å². The van der Waals surface area contributed by atoms with Crippen molar-refractivity contribution in [3.05, 3.63) is 64.7 Å². The Kier molecular flexibility index (Phi) is 4.62. The fourth-order valence-electron chi connectivity index (χ4n) is 3.26. The van der Waals surface area contributed by atoms with Gasteiger partial charge in [-0.05, 0) is 42.6 Å². The number of primary amides is 1. The van der Waals surface area contributed by atoms with Gasteiger partial charge in [0, 0.05) is 12.1 Å². The lowest BCUT2D eigenvalue weighted by atomic mass is 9.86. The Bertz CT molecular complexity index is 780. The lowest BCUT2D eigenvalue weighted by molar-refractivity contribution is 0.0979. The zero-order chi connectivity index (χ0) is 17.1. The van der Waals surface area contributed by atoms with E-state index in [-0.39, 0.29) is 17.3 Å². The third-order valence-corrected chi connectivity index (χ3v) is 4.44. The number of ketones is 1. The molecule has 0 bridgehead atoms. The van der Waals surface area contributed by atoms with E-state index in [4.69, 9.17) is 10.5 Å². The van der Waals surface area contributed by atoms with Crippen LogP contribution in [0.15, 0.2) is 42.5 Å². The van der Waals surface area contributed by atoms with Crippen molar-refractivity contribution < 1.29 is 14.3 Å². The number of benzene rings is 2. The van der Waals surface area contributed by atoms with Crippen molar-refractivity contribution >= 4 is 11.7 Å². The predicted octanol–water partition coefficient (Wildman–Crippen LogP) is 2.10. The standard InChI is InChI=1S/C19H20N2O3/c1-24-16-8-3-2-5-14(16)18(22)17-13(12-9-10-21-11-12)6-4-7-15(17)19(20)23/h2-8,12,21H,9-11H2,1H3,(H2,20,23). The first kappa shape index (κ1) is 16.2. The summed E-state index contributed by atoms with van der Waals surface area (Å²) in [5.41, 5.74) is 7.48. The highest BCUT2D eigenvalue weighted by Gasteiger charge is 2.27. The molecule has 0 spiro atoms. The molecular weight excluding hydrogens is 304 g/mol. The second-order valence-electron chi connectivity index (χ2n) is 5.85. The third kappa shape index (κ3) is 2.90. The summed E-state index contributed by atoms with van der Waals surface area (Å²) in [7, 11) is 1.52. The smallest absolute Gasteiger partial charge is 0.249 e. The van der Waals surface area contributed by atoms with Gasteiger partial charge in [0.25, 0.3) is 0 Å². The Morgan fingerprint density at radius 3 is 2.54 bits per heavy atom. The van der Waals surface area contributed by atoms with Gasteiger partial charge in [0.15, 0.2) is 5.78 Å². The number of nitrogens with two attached hydrogens (primary N) is 1. The fraction of sp³-hybridized carbons (Fsp3) is 0.263. The Balaban J connectivity index is 2.17. The molecule has 2 aromatic carbocycles. The molecule has 0 aliphatic carbocycles. The number of para-hydroxylation sites is 1. The van der Waals surface area contributed by atoms with Crippen molar-refractivity contribution in [2.45, 2.75) is 12.3 Å². The van der Waals surface area contributed by atoms with Crippen molar-refractivity contribution in [3.8, 4) is 5.75 Å². The van der Waals surface area contributed by atoms with E-state index in [0.717, 1.165) is 25.1 Å². The molecule has 1 amide bonds. The number of nitrogens with one attached hydrogen (secondary N) is 1. The van der Waals surface area contributed by atoms with Gasteiger partial charge in [-0.3, -0.25) is 9.59 Å². The highest BCUT2D eigenvalue weighted by Crippen LogP contribution is 2.31. The van der Waals surface area contributed by atoms with Gasteiger partial charge < -0.3 is 15.8 Å². The first-order valence-electron chi connectivity index (χ1n) is 7.94. The van der Waals surface area contributed by atoms with E-state index in [1.807, 2.05) is 6.07 Å². The molecule has 0 aromatic heterocycles. The summed E-state index contributed by atoms with van der Waals surface area (Å²) in [4.78, 5) is 25.1. The van der Waals surface area contributed by atoms with Crippen LogP contribution in [0.4, 0.5) is 0 Å². The molecule has 1 unspecified atom stereocenters. The van der Waals surface area contributed by atoms with Crippen LogP contribution in [0.3, 0.4) is 0 Å². The number of rotatable bonds is 5. The maximum atomic E-state index is 13.2. The zero-order valence-corrected chi connectivity index (χ0v) is 13.5. The number of methoxy groups -OCH3 is 1. The highest BCUT2D eigenvalue weighted by atomic mass is 16.5. The lowest BCUT2D eigenvalue weighted by Crippen LogP contribution is -2.20. The van der Waals surface area contributed by atoms with Gasteiger partial charge >= 0.3 is 0 Å². The van der Waals surface area contributed by atoms with Gasteiger partial charge in [0.1, 0.15) is 5.75 Å². The first-order chi connectivity index (χ1) is 11.6. The van der Waals surface area contributed by atoms with Crippen molar-refractivity contribution in [3.63, 3.8) is 0 Å². The van der Waals surface area contributed by atoms with E-state index in [1.165, 1.54) is 7.11 Å². The summed E-state index contributed by atoms with van der Waals surface area (Å²) in [6, 6.07) is 12.3. The van der Waals surface area contributed by atoms with E-state index in [0.29, 0.717) is 16.9 Å². The van der Waals surface area contributed by atoms with Gasteiger partial charge in [-0.25, -0.2) is 0 Å². The number of carbonyl (C=O) groups excluding carboxylic acids is 2. The Morgan fingerprint density at radius 2 is 1.88 bits per heavy atom. The average Bonchev–Trinajstić information content (AvgIpc) is 3.14. The van der Waals surface area contributed by atoms with Crippen LogP contribution < -0.4 is 15.8 Å². The summed E-state index contributed by atoms with van der Waals surface area (Å²) >= 11 is 0. The van der Waals surface area contributed by atoms with E-state index in [2.05, 4.69) is 5.32 Å². The van der Waals surface area contributed by atoms with Crippen molar-refractivity contribution in [2.75, 3.05) is 20.2 Å². The minimum atomic E-state index is -0.596. The normalized spacial score (nSPS) is 16.8. The van der Waals surface area contributed by atoms with Crippen molar-refractivity contribution in [1.29, 1.82) is 0 Å². The second kappa shape index (κ2) is 6.84. The fourth-order valence-corrected chi connectivity index (χ4v) is 3.26. The molecule has 24 heavy (non-hydrogen) atoms. The molecule has 1 heterocycles. The van der Waals surface area contributed by atoms with Crippen LogP contribution in [0.25, 0.3) is 0 Å². The second-order valence-corrected chi connectivity index (χ2v) is 5.85. The quantitative estimate of drug-likeness (QED) is 0.825. The molecule has 5 heteroatoms.